The highest BCUT2D eigenvalue weighted by atomic mass is 16.5. The second-order valence-corrected chi connectivity index (χ2v) is 4.43. The lowest BCUT2D eigenvalue weighted by Gasteiger charge is -2.35. The summed E-state index contributed by atoms with van der Waals surface area (Å²) in [7, 11) is 0. The molecule has 3 rings (SSSR count). The summed E-state index contributed by atoms with van der Waals surface area (Å²) in [6.45, 7) is 1.62. The number of carboxylic acid groups (broad SMARTS) is 1. The molecule has 1 fully saturated rings. The molecule has 1 aliphatic rings. The Bertz CT molecular complexity index is 597. The zero-order valence-electron chi connectivity index (χ0n) is 10.3. The van der Waals surface area contributed by atoms with Gasteiger partial charge in [-0.05, 0) is 6.07 Å². The number of carbonyl (C=O) groups is 1. The molecule has 1 aliphatic heterocycles. The van der Waals surface area contributed by atoms with E-state index < -0.39 is 5.97 Å². The molecule has 0 bridgehead atoms. The number of morpholine rings is 1. The van der Waals surface area contributed by atoms with Crippen LogP contribution in [-0.4, -0.2) is 51.5 Å². The number of hydrogen-bond acceptors (Lipinski definition) is 5. The van der Waals surface area contributed by atoms with Crippen LogP contribution in [0, 0.1) is 0 Å². The van der Waals surface area contributed by atoms with Gasteiger partial charge in [0.2, 0.25) is 0 Å². The largest absolute Gasteiger partial charge is 0.481 e. The van der Waals surface area contributed by atoms with E-state index in [9.17, 15) is 4.79 Å². The third-order valence-electron chi connectivity index (χ3n) is 3.21. The number of fused-ring (bicyclic) bond motifs is 1. The molecular formula is C12H14N4O3. The zero-order valence-corrected chi connectivity index (χ0v) is 10.3. The van der Waals surface area contributed by atoms with Crippen LogP contribution in [0.25, 0.3) is 5.52 Å². The first kappa shape index (κ1) is 11.9. The topological polar surface area (TPSA) is 80.0 Å². The maximum absolute atomic E-state index is 10.9. The van der Waals surface area contributed by atoms with Crippen molar-refractivity contribution >= 4 is 17.3 Å². The first-order valence-electron chi connectivity index (χ1n) is 6.10. The maximum Gasteiger partial charge on any atom is 0.305 e. The minimum Gasteiger partial charge on any atom is -0.481 e. The summed E-state index contributed by atoms with van der Waals surface area (Å²) >= 11 is 0. The Balaban J connectivity index is 1.97. The van der Waals surface area contributed by atoms with Gasteiger partial charge in [-0.1, -0.05) is 0 Å². The average Bonchev–Trinajstić information content (AvgIpc) is 2.87. The first-order chi connectivity index (χ1) is 9.25. The maximum atomic E-state index is 10.9. The molecule has 7 heteroatoms. The number of aliphatic carboxylic acids is 1. The van der Waals surface area contributed by atoms with Gasteiger partial charge in [0.25, 0.3) is 0 Å². The quantitative estimate of drug-likeness (QED) is 0.863. The van der Waals surface area contributed by atoms with Crippen LogP contribution in [-0.2, 0) is 9.53 Å². The van der Waals surface area contributed by atoms with Crippen molar-refractivity contribution in [3.8, 4) is 0 Å². The van der Waals surface area contributed by atoms with Crippen LogP contribution in [0.4, 0.5) is 5.82 Å². The average molecular weight is 262 g/mol. The third-order valence-corrected chi connectivity index (χ3v) is 3.21. The van der Waals surface area contributed by atoms with Crippen LogP contribution in [0.2, 0.25) is 0 Å². The molecule has 0 spiro atoms. The van der Waals surface area contributed by atoms with Crippen LogP contribution in [0.1, 0.15) is 6.42 Å². The molecule has 0 aromatic carbocycles. The predicted molar refractivity (Wildman–Crippen MR) is 67.2 cm³/mol. The van der Waals surface area contributed by atoms with Crippen molar-refractivity contribution < 1.29 is 14.6 Å². The van der Waals surface area contributed by atoms with Crippen LogP contribution in [0.15, 0.2) is 24.7 Å². The van der Waals surface area contributed by atoms with Gasteiger partial charge in [0.05, 0.1) is 31.9 Å². The van der Waals surface area contributed by atoms with Crippen molar-refractivity contribution in [1.29, 1.82) is 0 Å². The van der Waals surface area contributed by atoms with Gasteiger partial charge >= 0.3 is 5.97 Å². The Kier molecular flexibility index (Phi) is 3.04. The van der Waals surface area contributed by atoms with E-state index in [2.05, 4.69) is 10.1 Å². The highest BCUT2D eigenvalue weighted by Crippen LogP contribution is 2.23. The minimum atomic E-state index is -0.832. The van der Waals surface area contributed by atoms with Gasteiger partial charge in [0, 0.05) is 18.9 Å². The van der Waals surface area contributed by atoms with Gasteiger partial charge < -0.3 is 14.7 Å². The first-order valence-corrected chi connectivity index (χ1v) is 6.10. The number of nitrogens with zero attached hydrogens (tertiary/aromatic N) is 4. The molecule has 0 aliphatic carbocycles. The molecule has 19 heavy (non-hydrogen) atoms. The van der Waals surface area contributed by atoms with E-state index in [4.69, 9.17) is 9.84 Å². The lowest BCUT2D eigenvalue weighted by molar-refractivity contribution is -0.138. The fraction of sp³-hybridized carbons (Fsp3) is 0.417. The van der Waals surface area contributed by atoms with E-state index in [0.717, 1.165) is 11.3 Å². The molecule has 0 saturated carbocycles. The summed E-state index contributed by atoms with van der Waals surface area (Å²) < 4.78 is 7.10. The second-order valence-electron chi connectivity index (χ2n) is 4.43. The molecule has 0 radical (unpaired) electrons. The third kappa shape index (κ3) is 2.24. The van der Waals surface area contributed by atoms with E-state index in [1.807, 2.05) is 11.0 Å². The fourth-order valence-electron chi connectivity index (χ4n) is 2.37. The van der Waals surface area contributed by atoms with E-state index >= 15 is 0 Å². The Morgan fingerprint density at radius 2 is 2.42 bits per heavy atom. The number of aromatic nitrogens is 3. The van der Waals surface area contributed by atoms with E-state index in [1.165, 1.54) is 0 Å². The standard InChI is InChI=1S/C12H14N4O3/c17-11(18)7-9-8-19-6-5-15(9)12-10-1-2-14-16(10)4-3-13-12/h1-4,9H,5-8H2,(H,17,18). The zero-order chi connectivity index (χ0) is 13.2. The van der Waals surface area contributed by atoms with Gasteiger partial charge in [0.15, 0.2) is 5.82 Å². The minimum absolute atomic E-state index is 0.0386. The molecule has 2 aromatic heterocycles. The number of anilines is 1. The molecule has 3 heterocycles. The Hall–Kier alpha value is -2.15. The monoisotopic (exact) mass is 262 g/mol. The summed E-state index contributed by atoms with van der Waals surface area (Å²) in [5.41, 5.74) is 0.875. The van der Waals surface area contributed by atoms with E-state index in [-0.39, 0.29) is 12.5 Å². The lowest BCUT2D eigenvalue weighted by atomic mass is 10.1. The molecule has 0 amide bonds. The summed E-state index contributed by atoms with van der Waals surface area (Å²) in [5, 5.41) is 13.1. The van der Waals surface area contributed by atoms with Gasteiger partial charge in [-0.25, -0.2) is 9.50 Å². The van der Waals surface area contributed by atoms with Crippen molar-refractivity contribution in [2.45, 2.75) is 12.5 Å². The van der Waals surface area contributed by atoms with Gasteiger partial charge in [-0.15, -0.1) is 0 Å². The molecule has 1 unspecified atom stereocenters. The van der Waals surface area contributed by atoms with Crippen LogP contribution in [0.3, 0.4) is 0 Å². The molecular weight excluding hydrogens is 248 g/mol. The lowest BCUT2D eigenvalue weighted by Crippen LogP contribution is -2.47. The molecule has 2 aromatic rings. The fourth-order valence-corrected chi connectivity index (χ4v) is 2.37. The van der Waals surface area contributed by atoms with Gasteiger partial charge in [-0.2, -0.15) is 5.10 Å². The van der Waals surface area contributed by atoms with Gasteiger partial charge in [0.1, 0.15) is 5.52 Å². The number of ether oxygens (including phenoxy) is 1. The van der Waals surface area contributed by atoms with E-state index in [0.29, 0.717) is 19.8 Å². The second kappa shape index (κ2) is 4.85. The predicted octanol–water partition coefficient (Wildman–Crippen LogP) is 0.409. The smallest absolute Gasteiger partial charge is 0.305 e. The summed E-state index contributed by atoms with van der Waals surface area (Å²) in [6.07, 6.45) is 5.18. The Morgan fingerprint density at radius 1 is 1.53 bits per heavy atom. The normalized spacial score (nSPS) is 19.8. The summed E-state index contributed by atoms with van der Waals surface area (Å²) in [5.74, 6) is -0.0736. The van der Waals surface area contributed by atoms with E-state index in [1.54, 1.807) is 23.1 Å². The summed E-state index contributed by atoms with van der Waals surface area (Å²) in [4.78, 5) is 17.3. The van der Waals surface area contributed by atoms with Crippen molar-refractivity contribution in [3.63, 3.8) is 0 Å². The van der Waals surface area contributed by atoms with Gasteiger partial charge in [-0.3, -0.25) is 4.79 Å². The Morgan fingerprint density at radius 3 is 3.26 bits per heavy atom. The van der Waals surface area contributed by atoms with Crippen molar-refractivity contribution in [3.05, 3.63) is 24.7 Å². The molecule has 1 N–H and O–H groups in total. The number of hydrogen-bond donors (Lipinski definition) is 1. The van der Waals surface area contributed by atoms with Crippen molar-refractivity contribution in [2.75, 3.05) is 24.7 Å². The van der Waals surface area contributed by atoms with Crippen molar-refractivity contribution in [2.24, 2.45) is 0 Å². The van der Waals surface area contributed by atoms with Crippen molar-refractivity contribution in [1.82, 2.24) is 14.6 Å². The van der Waals surface area contributed by atoms with Crippen LogP contribution >= 0.6 is 0 Å². The molecule has 7 nitrogen and oxygen atoms in total. The molecule has 100 valence electrons. The SMILES string of the molecule is O=C(O)CC1COCCN1c1nccn2nccc12. The molecule has 1 atom stereocenters. The number of carboxylic acids is 1. The highest BCUT2D eigenvalue weighted by molar-refractivity contribution is 5.72. The Labute approximate surface area is 109 Å². The van der Waals surface area contributed by atoms with Crippen LogP contribution < -0.4 is 4.90 Å². The molecule has 1 saturated heterocycles. The summed E-state index contributed by atoms with van der Waals surface area (Å²) in [6, 6.07) is 1.68. The highest BCUT2D eigenvalue weighted by Gasteiger charge is 2.27. The number of rotatable bonds is 3. The van der Waals surface area contributed by atoms with Crippen LogP contribution in [0.5, 0.6) is 0 Å².